The van der Waals surface area contributed by atoms with Gasteiger partial charge in [0, 0.05) is 45.3 Å². The van der Waals surface area contributed by atoms with Gasteiger partial charge in [0.15, 0.2) is 5.76 Å². The molecule has 2 amide bonds. The molecular formula is C23H28F2N4O3. The van der Waals surface area contributed by atoms with E-state index in [-0.39, 0.29) is 35.1 Å². The van der Waals surface area contributed by atoms with Crippen LogP contribution in [0.25, 0.3) is 11.3 Å². The number of benzene rings is 1. The van der Waals surface area contributed by atoms with Crippen molar-refractivity contribution < 1.29 is 22.8 Å². The highest BCUT2D eigenvalue weighted by atomic mass is 19.1. The first-order chi connectivity index (χ1) is 15.3. The van der Waals surface area contributed by atoms with Crippen molar-refractivity contribution in [3.05, 3.63) is 41.9 Å². The van der Waals surface area contributed by atoms with E-state index in [4.69, 9.17) is 4.42 Å². The van der Waals surface area contributed by atoms with Crippen LogP contribution in [0.3, 0.4) is 0 Å². The van der Waals surface area contributed by atoms with E-state index in [0.29, 0.717) is 19.0 Å². The molecule has 1 saturated heterocycles. The molecule has 9 heteroatoms. The molecule has 1 aromatic heterocycles. The average Bonchev–Trinajstić information content (AvgIpc) is 3.46. The smallest absolute Gasteiger partial charge is 0.307 e. The molecule has 1 N–H and O–H groups in total. The fraction of sp³-hybridized carbons (Fsp3) is 0.522. The highest BCUT2D eigenvalue weighted by Gasteiger charge is 2.39. The minimum atomic E-state index is -0.802. The number of nitrogens with zero attached hydrogens (tertiary/aromatic N) is 3. The van der Waals surface area contributed by atoms with Crippen molar-refractivity contribution in [3.63, 3.8) is 0 Å². The van der Waals surface area contributed by atoms with Gasteiger partial charge in [-0.2, -0.15) is 0 Å². The van der Waals surface area contributed by atoms with Gasteiger partial charge >= 0.3 is 5.91 Å². The van der Waals surface area contributed by atoms with Gasteiger partial charge in [-0.15, -0.1) is 0 Å². The summed E-state index contributed by atoms with van der Waals surface area (Å²) < 4.78 is 32.6. The van der Waals surface area contributed by atoms with Crippen LogP contribution in [0.1, 0.15) is 42.8 Å². The summed E-state index contributed by atoms with van der Waals surface area (Å²) in [7, 11) is 3.43. The highest BCUT2D eigenvalue weighted by Crippen LogP contribution is 2.29. The Kier molecular flexibility index (Phi) is 6.55. The van der Waals surface area contributed by atoms with Gasteiger partial charge in [-0.1, -0.05) is 12.8 Å². The van der Waals surface area contributed by atoms with E-state index in [1.807, 2.05) is 0 Å². The normalized spacial score (nSPS) is 22.1. The van der Waals surface area contributed by atoms with Crippen LogP contribution in [0.2, 0.25) is 0 Å². The minimum Gasteiger partial charge on any atom is -0.432 e. The Morgan fingerprint density at radius 3 is 2.62 bits per heavy atom. The number of oxazole rings is 1. The molecule has 2 fully saturated rings. The van der Waals surface area contributed by atoms with Crippen LogP contribution < -0.4 is 5.32 Å². The van der Waals surface area contributed by atoms with Crippen LogP contribution in [0, 0.1) is 17.6 Å². The molecular weight excluding hydrogens is 418 g/mol. The molecule has 1 aliphatic heterocycles. The van der Waals surface area contributed by atoms with Crippen molar-refractivity contribution in [3.8, 4) is 11.3 Å². The second-order valence-corrected chi connectivity index (χ2v) is 8.79. The lowest BCUT2D eigenvalue weighted by Gasteiger charge is -2.41. The van der Waals surface area contributed by atoms with Crippen molar-refractivity contribution in [2.24, 2.45) is 5.92 Å². The Bertz CT molecular complexity index is 987. The van der Waals surface area contributed by atoms with E-state index < -0.39 is 17.5 Å². The minimum absolute atomic E-state index is 0.0171. The van der Waals surface area contributed by atoms with E-state index in [9.17, 15) is 18.4 Å². The summed E-state index contributed by atoms with van der Waals surface area (Å²) in [6.07, 6.45) is 6.62. The van der Waals surface area contributed by atoms with E-state index in [0.717, 1.165) is 31.5 Å². The van der Waals surface area contributed by atoms with Gasteiger partial charge in [0.25, 0.3) is 5.89 Å². The average molecular weight is 446 g/mol. The standard InChI is InChI=1S/C23H28F2N4O3/c1-28(2)23(31)17-13-29(15-5-3-4-6-15)10-9-19(17)27-21(30)22-26-12-20(32-22)16-8-7-14(24)11-18(16)25/h7-8,11-12,15,17,19H,3-6,9-10,13H2,1-2H3,(H,27,30). The Labute approximate surface area is 185 Å². The summed E-state index contributed by atoms with van der Waals surface area (Å²) in [6.45, 7) is 1.41. The maximum absolute atomic E-state index is 14.0. The molecule has 4 rings (SSSR count). The lowest BCUT2D eigenvalue weighted by Crippen LogP contribution is -2.57. The van der Waals surface area contributed by atoms with Crippen molar-refractivity contribution >= 4 is 11.8 Å². The van der Waals surface area contributed by atoms with Gasteiger partial charge in [0.1, 0.15) is 11.6 Å². The number of rotatable bonds is 5. The molecule has 0 bridgehead atoms. The molecule has 2 aliphatic rings. The Balaban J connectivity index is 1.47. The number of likely N-dealkylation sites (tertiary alicyclic amines) is 1. The molecule has 7 nitrogen and oxygen atoms in total. The molecule has 1 aliphatic carbocycles. The van der Waals surface area contributed by atoms with Crippen LogP contribution in [0.5, 0.6) is 0 Å². The fourth-order valence-electron chi connectivity index (χ4n) is 4.76. The fourth-order valence-corrected chi connectivity index (χ4v) is 4.76. The van der Waals surface area contributed by atoms with Crippen LogP contribution in [-0.4, -0.2) is 65.9 Å². The lowest BCUT2D eigenvalue weighted by atomic mass is 9.89. The number of carbonyl (C=O) groups is 2. The first kappa shape index (κ1) is 22.4. The molecule has 172 valence electrons. The second-order valence-electron chi connectivity index (χ2n) is 8.79. The van der Waals surface area contributed by atoms with Gasteiger partial charge in [-0.25, -0.2) is 13.8 Å². The molecule has 2 heterocycles. The summed E-state index contributed by atoms with van der Waals surface area (Å²) >= 11 is 0. The van der Waals surface area contributed by atoms with Gasteiger partial charge in [-0.05, 0) is 31.4 Å². The topological polar surface area (TPSA) is 78.7 Å². The Hall–Kier alpha value is -2.81. The quantitative estimate of drug-likeness (QED) is 0.764. The molecule has 1 saturated carbocycles. The molecule has 0 spiro atoms. The zero-order valence-corrected chi connectivity index (χ0v) is 18.3. The van der Waals surface area contributed by atoms with E-state index in [1.165, 1.54) is 25.1 Å². The first-order valence-corrected chi connectivity index (χ1v) is 11.0. The SMILES string of the molecule is CN(C)C(=O)C1CN(C2CCCC2)CCC1NC(=O)c1ncc(-c2ccc(F)cc2F)o1. The van der Waals surface area contributed by atoms with Gasteiger partial charge in [-0.3, -0.25) is 14.5 Å². The number of hydrogen-bond acceptors (Lipinski definition) is 5. The molecule has 32 heavy (non-hydrogen) atoms. The highest BCUT2D eigenvalue weighted by molar-refractivity contribution is 5.91. The van der Waals surface area contributed by atoms with Gasteiger partial charge in [0.2, 0.25) is 5.91 Å². The predicted octanol–water partition coefficient (Wildman–Crippen LogP) is 3.07. The van der Waals surface area contributed by atoms with Crippen molar-refractivity contribution in [2.45, 2.75) is 44.2 Å². The van der Waals surface area contributed by atoms with Gasteiger partial charge < -0.3 is 14.6 Å². The van der Waals surface area contributed by atoms with Crippen LogP contribution >= 0.6 is 0 Å². The zero-order chi connectivity index (χ0) is 22.8. The van der Waals surface area contributed by atoms with E-state index in [2.05, 4.69) is 15.2 Å². The van der Waals surface area contributed by atoms with Gasteiger partial charge in [0.05, 0.1) is 17.7 Å². The second kappa shape index (κ2) is 9.36. The van der Waals surface area contributed by atoms with Crippen LogP contribution in [0.15, 0.2) is 28.8 Å². The Morgan fingerprint density at radius 1 is 1.19 bits per heavy atom. The van der Waals surface area contributed by atoms with E-state index in [1.54, 1.807) is 19.0 Å². The molecule has 2 unspecified atom stereocenters. The van der Waals surface area contributed by atoms with Crippen LogP contribution in [0.4, 0.5) is 8.78 Å². The lowest BCUT2D eigenvalue weighted by molar-refractivity contribution is -0.136. The monoisotopic (exact) mass is 446 g/mol. The Morgan fingerprint density at radius 2 is 1.94 bits per heavy atom. The number of piperidine rings is 1. The van der Waals surface area contributed by atoms with Crippen molar-refractivity contribution in [2.75, 3.05) is 27.2 Å². The van der Waals surface area contributed by atoms with Crippen molar-refractivity contribution in [1.82, 2.24) is 20.1 Å². The van der Waals surface area contributed by atoms with Crippen LogP contribution in [-0.2, 0) is 4.79 Å². The molecule has 2 aromatic rings. The molecule has 1 aromatic carbocycles. The summed E-state index contributed by atoms with van der Waals surface area (Å²) in [6, 6.07) is 3.23. The first-order valence-electron chi connectivity index (χ1n) is 11.0. The predicted molar refractivity (Wildman–Crippen MR) is 114 cm³/mol. The molecule has 0 radical (unpaired) electrons. The third-order valence-electron chi connectivity index (χ3n) is 6.46. The summed E-state index contributed by atoms with van der Waals surface area (Å²) in [5, 5.41) is 2.90. The third kappa shape index (κ3) is 4.67. The zero-order valence-electron chi connectivity index (χ0n) is 18.3. The number of nitrogens with one attached hydrogen (secondary N) is 1. The summed E-state index contributed by atoms with van der Waals surface area (Å²) in [4.78, 5) is 33.6. The third-order valence-corrected chi connectivity index (χ3v) is 6.46. The summed E-state index contributed by atoms with van der Waals surface area (Å²) in [5.41, 5.74) is 0.0171. The number of aromatic nitrogens is 1. The number of amides is 2. The summed E-state index contributed by atoms with van der Waals surface area (Å²) in [5.74, 6) is -2.66. The van der Waals surface area contributed by atoms with Crippen molar-refractivity contribution in [1.29, 1.82) is 0 Å². The number of hydrogen-bond donors (Lipinski definition) is 1. The number of carbonyl (C=O) groups excluding carboxylic acids is 2. The van der Waals surface area contributed by atoms with E-state index >= 15 is 0 Å². The molecule has 2 atom stereocenters. The maximum Gasteiger partial charge on any atom is 0.307 e. The maximum atomic E-state index is 14.0. The number of halogens is 2. The largest absolute Gasteiger partial charge is 0.432 e.